The van der Waals surface area contributed by atoms with Gasteiger partial charge in [0.1, 0.15) is 24.4 Å². The molecule has 1 amide bonds. The average molecular weight is 1140 g/mol. The Kier molecular flexibility index (Phi) is 53.3. The van der Waals surface area contributed by atoms with Gasteiger partial charge in [0.2, 0.25) is 5.91 Å². The summed E-state index contributed by atoms with van der Waals surface area (Å²) < 4.78 is 48.0. The summed E-state index contributed by atoms with van der Waals surface area (Å²) in [5.41, 5.74) is 0. The molecule has 13 heteroatoms. The molecule has 0 aromatic rings. The smallest absolute Gasteiger partial charge is 0.394 e. The van der Waals surface area contributed by atoms with Crippen LogP contribution in [-0.4, -0.2) is 95.4 Å². The van der Waals surface area contributed by atoms with Crippen LogP contribution in [0.25, 0.3) is 0 Å². The van der Waals surface area contributed by atoms with Gasteiger partial charge >= 0.3 is 10.4 Å². The van der Waals surface area contributed by atoms with Crippen molar-refractivity contribution < 1.29 is 51.8 Å². The zero-order valence-electron chi connectivity index (χ0n) is 51.2. The number of aliphatic hydroxyl groups is 4. The van der Waals surface area contributed by atoms with E-state index in [2.05, 4.69) is 35.5 Å². The largest absolute Gasteiger partial charge is 0.397 e. The molecule has 1 rings (SSSR count). The van der Waals surface area contributed by atoms with Crippen LogP contribution in [0, 0.1) is 0 Å². The highest BCUT2D eigenvalue weighted by molar-refractivity contribution is 7.80. The van der Waals surface area contributed by atoms with E-state index >= 15 is 0 Å². The first-order valence-electron chi connectivity index (χ1n) is 33.7. The van der Waals surface area contributed by atoms with Gasteiger partial charge in [-0.3, -0.25) is 9.35 Å². The second-order valence-electron chi connectivity index (χ2n) is 23.8. The minimum absolute atomic E-state index is 0.257. The number of ether oxygens (including phenoxy) is 2. The summed E-state index contributed by atoms with van der Waals surface area (Å²) in [6.45, 7) is 3.46. The molecule has 0 spiro atoms. The summed E-state index contributed by atoms with van der Waals surface area (Å²) in [5.74, 6) is -0.257. The van der Waals surface area contributed by atoms with Crippen molar-refractivity contribution >= 4 is 16.3 Å². The molecule has 79 heavy (non-hydrogen) atoms. The number of hydrogen-bond donors (Lipinski definition) is 6. The molecule has 0 aromatic heterocycles. The lowest BCUT2D eigenvalue weighted by atomic mass is 9.99. The summed E-state index contributed by atoms with van der Waals surface area (Å²) in [5, 5.41) is 45.1. The predicted octanol–water partition coefficient (Wildman–Crippen LogP) is 17.1. The van der Waals surface area contributed by atoms with Crippen LogP contribution in [0.1, 0.15) is 335 Å². The Morgan fingerprint density at radius 1 is 0.494 bits per heavy atom. The molecule has 0 bridgehead atoms. The van der Waals surface area contributed by atoms with Crippen molar-refractivity contribution in [3.8, 4) is 0 Å². The number of rotatable bonds is 60. The number of allylic oxidation sites excluding steroid dienone is 3. The third kappa shape index (κ3) is 47.6. The molecule has 468 valence electrons. The van der Waals surface area contributed by atoms with Gasteiger partial charge in [0.05, 0.1) is 25.4 Å². The van der Waals surface area contributed by atoms with E-state index in [1.807, 2.05) is 6.08 Å². The first-order chi connectivity index (χ1) is 38.5. The molecule has 7 atom stereocenters. The number of carbonyl (C=O) groups is 1. The third-order valence-corrected chi connectivity index (χ3v) is 16.7. The zero-order valence-corrected chi connectivity index (χ0v) is 52.0. The van der Waals surface area contributed by atoms with E-state index in [0.717, 1.165) is 38.5 Å². The van der Waals surface area contributed by atoms with E-state index in [1.165, 1.54) is 270 Å². The number of amides is 1. The molecule has 0 saturated carbocycles. The van der Waals surface area contributed by atoms with Crippen molar-refractivity contribution in [1.82, 2.24) is 5.32 Å². The van der Waals surface area contributed by atoms with E-state index in [9.17, 15) is 38.2 Å². The molecular formula is C66H127NO11S. The minimum atomic E-state index is -5.09. The van der Waals surface area contributed by atoms with Gasteiger partial charge in [-0.25, -0.2) is 4.18 Å². The monoisotopic (exact) mass is 1140 g/mol. The van der Waals surface area contributed by atoms with Crippen molar-refractivity contribution in [3.63, 3.8) is 0 Å². The zero-order chi connectivity index (χ0) is 57.5. The molecule has 1 saturated heterocycles. The number of aliphatic hydroxyl groups excluding tert-OH is 4. The first-order valence-corrected chi connectivity index (χ1v) is 35.1. The van der Waals surface area contributed by atoms with E-state index < -0.39 is 59.9 Å². The van der Waals surface area contributed by atoms with E-state index in [4.69, 9.17) is 9.47 Å². The standard InChI is InChI=1S/C66H127NO11S/c1-3-5-7-9-11-13-15-17-19-21-23-25-27-29-30-31-32-34-36-38-40-42-44-46-48-50-52-54-56-62(70)67-59(58-76-66-64(72)65(78-79(73,74)75)63(71)61(57-68)77-66)60(69)55-53-51-49-47-45-43-41-39-37-35-33-28-26-24-22-20-18-16-14-12-10-8-6-4-2/h29-30,53,55,59-61,63-66,68-69,71-72H,3-28,31-52,54,56-58H2,1-2H3,(H,67,70)(H,73,74,75)/b30-29-,55-53+. The lowest BCUT2D eigenvalue weighted by Gasteiger charge is -2.41. The number of nitrogens with one attached hydrogen (secondary N) is 1. The SMILES string of the molecule is CCCCCCCCCCCCCC/C=C\CCCCCCCCCCCCCCC(=O)NC(COC1OC(CO)C(O)C(OS(=O)(=O)O)C1O)C(O)/C=C/CCCCCCCCCCCCCCCCCCCCCCCC. The molecular weight excluding hydrogens is 1010 g/mol. The van der Waals surface area contributed by atoms with Crippen LogP contribution in [0.15, 0.2) is 24.3 Å². The summed E-state index contributed by atoms with van der Waals surface area (Å²) in [6.07, 6.45) is 62.4. The van der Waals surface area contributed by atoms with Crippen LogP contribution < -0.4 is 5.32 Å². The molecule has 7 unspecified atom stereocenters. The van der Waals surface area contributed by atoms with Gasteiger partial charge in [0.15, 0.2) is 6.29 Å². The van der Waals surface area contributed by atoms with Gasteiger partial charge in [-0.2, -0.15) is 8.42 Å². The summed E-state index contributed by atoms with van der Waals surface area (Å²) in [6, 6.07) is -0.944. The molecule has 0 aliphatic carbocycles. The Morgan fingerprint density at radius 3 is 1.14 bits per heavy atom. The van der Waals surface area contributed by atoms with Crippen LogP contribution in [0.2, 0.25) is 0 Å². The Hall–Kier alpha value is -1.42. The maximum atomic E-state index is 13.2. The molecule has 0 aromatic carbocycles. The first kappa shape index (κ1) is 75.6. The van der Waals surface area contributed by atoms with Crippen LogP contribution in [0.3, 0.4) is 0 Å². The molecule has 6 N–H and O–H groups in total. The predicted molar refractivity (Wildman–Crippen MR) is 329 cm³/mol. The molecule has 12 nitrogen and oxygen atoms in total. The Bertz CT molecular complexity index is 1480. The van der Waals surface area contributed by atoms with Crippen LogP contribution in [0.5, 0.6) is 0 Å². The van der Waals surface area contributed by atoms with Gasteiger partial charge in [-0.05, 0) is 44.9 Å². The Morgan fingerprint density at radius 2 is 0.810 bits per heavy atom. The molecule has 0 radical (unpaired) electrons. The van der Waals surface area contributed by atoms with Gasteiger partial charge in [-0.1, -0.05) is 308 Å². The highest BCUT2D eigenvalue weighted by Gasteiger charge is 2.48. The topological polar surface area (TPSA) is 192 Å². The van der Waals surface area contributed by atoms with E-state index in [1.54, 1.807) is 6.08 Å². The fourth-order valence-electron chi connectivity index (χ4n) is 11.0. The lowest BCUT2D eigenvalue weighted by molar-refractivity contribution is -0.298. The van der Waals surface area contributed by atoms with Crippen molar-refractivity contribution in [2.75, 3.05) is 13.2 Å². The van der Waals surface area contributed by atoms with Crippen molar-refractivity contribution in [1.29, 1.82) is 0 Å². The lowest BCUT2D eigenvalue weighted by Crippen LogP contribution is -2.61. The maximum absolute atomic E-state index is 13.2. The second-order valence-corrected chi connectivity index (χ2v) is 24.8. The molecule has 1 aliphatic rings. The van der Waals surface area contributed by atoms with E-state index in [0.29, 0.717) is 6.42 Å². The summed E-state index contributed by atoms with van der Waals surface area (Å²) >= 11 is 0. The number of carbonyl (C=O) groups excluding carboxylic acids is 1. The Labute approximate surface area is 486 Å². The molecule has 1 fully saturated rings. The highest BCUT2D eigenvalue weighted by Crippen LogP contribution is 2.26. The van der Waals surface area contributed by atoms with Crippen LogP contribution >= 0.6 is 0 Å². The van der Waals surface area contributed by atoms with Gasteiger partial charge in [0.25, 0.3) is 0 Å². The van der Waals surface area contributed by atoms with Crippen LogP contribution in [0.4, 0.5) is 0 Å². The normalized spacial score (nSPS) is 18.8. The van der Waals surface area contributed by atoms with Crippen molar-refractivity contribution in [2.24, 2.45) is 0 Å². The van der Waals surface area contributed by atoms with Gasteiger partial charge < -0.3 is 35.2 Å². The Balaban J connectivity index is 2.28. The van der Waals surface area contributed by atoms with Crippen LogP contribution in [-0.2, 0) is 28.9 Å². The summed E-state index contributed by atoms with van der Waals surface area (Å²) in [4.78, 5) is 13.2. The van der Waals surface area contributed by atoms with Gasteiger partial charge in [-0.15, -0.1) is 0 Å². The highest BCUT2D eigenvalue weighted by atomic mass is 32.3. The number of unbranched alkanes of at least 4 members (excludes halogenated alkanes) is 46. The van der Waals surface area contributed by atoms with Crippen molar-refractivity contribution in [2.45, 2.75) is 378 Å². The third-order valence-electron chi connectivity index (χ3n) is 16.2. The van der Waals surface area contributed by atoms with Gasteiger partial charge in [0, 0.05) is 6.42 Å². The fraction of sp³-hybridized carbons (Fsp3) is 0.924. The second kappa shape index (κ2) is 55.8. The molecule has 1 aliphatic heterocycles. The fourth-order valence-corrected chi connectivity index (χ4v) is 11.6. The number of hydrogen-bond acceptors (Lipinski definition) is 10. The molecule has 1 heterocycles. The maximum Gasteiger partial charge on any atom is 0.397 e. The average Bonchev–Trinajstić information content (AvgIpc) is 3.44. The quantitative estimate of drug-likeness (QED) is 0.0193. The van der Waals surface area contributed by atoms with E-state index in [-0.39, 0.29) is 18.9 Å². The summed E-state index contributed by atoms with van der Waals surface area (Å²) in [7, 11) is -5.09. The minimum Gasteiger partial charge on any atom is -0.394 e. The van der Waals surface area contributed by atoms with Crippen molar-refractivity contribution in [3.05, 3.63) is 24.3 Å².